The molecule has 20 heavy (non-hydrogen) atoms. The molecule has 0 saturated heterocycles. The van der Waals surface area contributed by atoms with Gasteiger partial charge in [-0.2, -0.15) is 5.10 Å². The van der Waals surface area contributed by atoms with Gasteiger partial charge in [0.15, 0.2) is 5.69 Å². The van der Waals surface area contributed by atoms with E-state index >= 15 is 0 Å². The van der Waals surface area contributed by atoms with Crippen molar-refractivity contribution >= 4 is 25.6 Å². The highest BCUT2D eigenvalue weighted by Gasteiger charge is 2.36. The van der Waals surface area contributed by atoms with Crippen molar-refractivity contribution in [2.75, 3.05) is 6.54 Å². The summed E-state index contributed by atoms with van der Waals surface area (Å²) in [6.07, 6.45) is 4.68. The van der Waals surface area contributed by atoms with Gasteiger partial charge >= 0.3 is 0 Å². The first-order chi connectivity index (χ1) is 9.45. The molecule has 1 saturated carbocycles. The summed E-state index contributed by atoms with van der Waals surface area (Å²) in [6, 6.07) is 0. The molecule has 2 rings (SSSR count). The molecule has 0 spiro atoms. The van der Waals surface area contributed by atoms with Gasteiger partial charge in [0.05, 0.1) is 5.69 Å². The molecular formula is C12H18ClN3O3S. The van der Waals surface area contributed by atoms with Crippen LogP contribution in [0, 0.1) is 0 Å². The third kappa shape index (κ3) is 3.52. The van der Waals surface area contributed by atoms with Gasteiger partial charge < -0.3 is 5.32 Å². The molecule has 1 amide bonds. The number of amides is 1. The Balaban J connectivity index is 2.17. The van der Waals surface area contributed by atoms with Crippen LogP contribution < -0.4 is 5.32 Å². The Labute approximate surface area is 122 Å². The molecular weight excluding hydrogens is 302 g/mol. The molecule has 2 N–H and O–H groups in total. The predicted molar refractivity (Wildman–Crippen MR) is 75.5 cm³/mol. The Kier molecular flexibility index (Phi) is 4.70. The average molecular weight is 320 g/mol. The zero-order chi connectivity index (χ0) is 14.8. The molecule has 0 atom stereocenters. The molecule has 0 unspecified atom stereocenters. The van der Waals surface area contributed by atoms with Crippen LogP contribution in [0.2, 0.25) is 0 Å². The van der Waals surface area contributed by atoms with Crippen LogP contribution >= 0.6 is 10.7 Å². The van der Waals surface area contributed by atoms with Crippen LogP contribution in [0.3, 0.4) is 0 Å². The SMILES string of the molecule is CCCCCNC(=O)c1n[nH]c(C2CC2)c1S(=O)(=O)Cl. The summed E-state index contributed by atoms with van der Waals surface area (Å²) < 4.78 is 23.3. The molecule has 0 radical (unpaired) electrons. The van der Waals surface area contributed by atoms with Gasteiger partial charge in [-0.1, -0.05) is 19.8 Å². The van der Waals surface area contributed by atoms with Crippen molar-refractivity contribution in [3.63, 3.8) is 0 Å². The summed E-state index contributed by atoms with van der Waals surface area (Å²) >= 11 is 0. The van der Waals surface area contributed by atoms with E-state index in [0.29, 0.717) is 12.2 Å². The summed E-state index contributed by atoms with van der Waals surface area (Å²) in [5.41, 5.74) is 0.331. The van der Waals surface area contributed by atoms with Gasteiger partial charge in [-0.05, 0) is 19.3 Å². The van der Waals surface area contributed by atoms with Crippen molar-refractivity contribution in [3.8, 4) is 0 Å². The number of rotatable bonds is 7. The number of unbranched alkanes of at least 4 members (excludes halogenated alkanes) is 2. The maximum atomic E-state index is 12.0. The summed E-state index contributed by atoms with van der Waals surface area (Å²) in [5, 5.41) is 9.17. The van der Waals surface area contributed by atoms with Crippen LogP contribution in [0.15, 0.2) is 4.90 Å². The summed E-state index contributed by atoms with van der Waals surface area (Å²) in [5.74, 6) is -0.379. The van der Waals surface area contributed by atoms with Crippen molar-refractivity contribution in [1.29, 1.82) is 0 Å². The van der Waals surface area contributed by atoms with E-state index in [9.17, 15) is 13.2 Å². The zero-order valence-electron chi connectivity index (χ0n) is 11.3. The fraction of sp³-hybridized carbons (Fsp3) is 0.667. The Morgan fingerprint density at radius 2 is 2.15 bits per heavy atom. The third-order valence-corrected chi connectivity index (χ3v) is 4.62. The first-order valence-corrected chi connectivity index (χ1v) is 9.07. The number of hydrogen-bond acceptors (Lipinski definition) is 4. The molecule has 6 nitrogen and oxygen atoms in total. The van der Waals surface area contributed by atoms with Gasteiger partial charge in [0.25, 0.3) is 15.0 Å². The molecule has 0 bridgehead atoms. The lowest BCUT2D eigenvalue weighted by atomic mass is 10.2. The van der Waals surface area contributed by atoms with Crippen LogP contribution in [-0.4, -0.2) is 31.1 Å². The van der Waals surface area contributed by atoms with E-state index in [1.807, 2.05) is 0 Å². The summed E-state index contributed by atoms with van der Waals surface area (Å²) in [7, 11) is 1.45. The van der Waals surface area contributed by atoms with E-state index < -0.39 is 15.0 Å². The monoisotopic (exact) mass is 319 g/mol. The number of hydrogen-bond donors (Lipinski definition) is 2. The Bertz CT molecular complexity index is 593. The molecule has 0 aliphatic heterocycles. The van der Waals surface area contributed by atoms with Gasteiger partial charge in [0.2, 0.25) is 0 Å². The Hall–Kier alpha value is -1.08. The maximum absolute atomic E-state index is 12.0. The lowest BCUT2D eigenvalue weighted by Gasteiger charge is -2.04. The van der Waals surface area contributed by atoms with E-state index in [4.69, 9.17) is 10.7 Å². The largest absolute Gasteiger partial charge is 0.351 e. The van der Waals surface area contributed by atoms with E-state index in [2.05, 4.69) is 22.4 Å². The number of carbonyl (C=O) groups excluding carboxylic acids is 1. The normalized spacial score (nSPS) is 15.3. The molecule has 1 aliphatic carbocycles. The molecule has 0 aromatic carbocycles. The molecule has 8 heteroatoms. The molecule has 1 fully saturated rings. The number of carbonyl (C=O) groups is 1. The molecule has 1 aromatic rings. The van der Waals surface area contributed by atoms with Crippen LogP contribution in [0.1, 0.15) is 61.1 Å². The van der Waals surface area contributed by atoms with Crippen molar-refractivity contribution in [2.24, 2.45) is 0 Å². The summed E-state index contributed by atoms with van der Waals surface area (Å²) in [4.78, 5) is 11.9. The highest BCUT2D eigenvalue weighted by Crippen LogP contribution is 2.43. The molecule has 1 aliphatic rings. The molecule has 112 valence electrons. The summed E-state index contributed by atoms with van der Waals surface area (Å²) in [6.45, 7) is 2.57. The van der Waals surface area contributed by atoms with Crippen molar-refractivity contribution in [1.82, 2.24) is 15.5 Å². The second kappa shape index (κ2) is 6.13. The maximum Gasteiger partial charge on any atom is 0.273 e. The smallest absolute Gasteiger partial charge is 0.273 e. The average Bonchev–Trinajstić information content (AvgIpc) is 3.11. The third-order valence-electron chi connectivity index (χ3n) is 3.26. The first-order valence-electron chi connectivity index (χ1n) is 6.76. The Morgan fingerprint density at radius 3 is 2.70 bits per heavy atom. The second-order valence-electron chi connectivity index (χ2n) is 4.99. The minimum absolute atomic E-state index is 0.118. The standard InChI is InChI=1S/C12H18ClN3O3S/c1-2-3-4-7-14-12(17)10-11(20(13,18)19)9(15-16-10)8-5-6-8/h8H,2-7H2,1H3,(H,14,17)(H,15,16). The van der Waals surface area contributed by atoms with E-state index in [-0.39, 0.29) is 16.5 Å². The fourth-order valence-electron chi connectivity index (χ4n) is 2.06. The lowest BCUT2D eigenvalue weighted by molar-refractivity contribution is 0.0944. The second-order valence-corrected chi connectivity index (χ2v) is 7.49. The highest BCUT2D eigenvalue weighted by atomic mass is 35.7. The van der Waals surface area contributed by atoms with Crippen LogP contribution in [0.5, 0.6) is 0 Å². The van der Waals surface area contributed by atoms with Crippen molar-refractivity contribution in [2.45, 2.75) is 49.8 Å². The van der Waals surface area contributed by atoms with Gasteiger partial charge in [-0.25, -0.2) is 8.42 Å². The minimum atomic E-state index is -3.99. The Morgan fingerprint density at radius 1 is 1.45 bits per heavy atom. The van der Waals surface area contributed by atoms with Crippen LogP contribution in [0.4, 0.5) is 0 Å². The van der Waals surface area contributed by atoms with Crippen molar-refractivity contribution < 1.29 is 13.2 Å². The van der Waals surface area contributed by atoms with Crippen LogP contribution in [0.25, 0.3) is 0 Å². The van der Waals surface area contributed by atoms with Gasteiger partial charge in [-0.3, -0.25) is 9.89 Å². The lowest BCUT2D eigenvalue weighted by Crippen LogP contribution is -2.26. The number of aromatic amines is 1. The van der Waals surface area contributed by atoms with Gasteiger partial charge in [-0.15, -0.1) is 0 Å². The van der Waals surface area contributed by atoms with E-state index in [1.165, 1.54) is 0 Å². The number of H-pyrrole nitrogens is 1. The van der Waals surface area contributed by atoms with E-state index in [0.717, 1.165) is 32.1 Å². The quantitative estimate of drug-likeness (QED) is 0.595. The molecule has 1 aromatic heterocycles. The predicted octanol–water partition coefficient (Wildman–Crippen LogP) is 2.13. The van der Waals surface area contributed by atoms with Crippen LogP contribution in [-0.2, 0) is 9.05 Å². The molecule has 1 heterocycles. The van der Waals surface area contributed by atoms with Gasteiger partial charge in [0.1, 0.15) is 4.90 Å². The number of nitrogens with zero attached hydrogens (tertiary/aromatic N) is 1. The van der Waals surface area contributed by atoms with Gasteiger partial charge in [0, 0.05) is 23.1 Å². The number of halogens is 1. The number of aromatic nitrogens is 2. The van der Waals surface area contributed by atoms with Crippen molar-refractivity contribution in [3.05, 3.63) is 11.4 Å². The zero-order valence-corrected chi connectivity index (χ0v) is 12.9. The number of nitrogens with one attached hydrogen (secondary N) is 2. The highest BCUT2D eigenvalue weighted by molar-refractivity contribution is 8.13. The van der Waals surface area contributed by atoms with E-state index in [1.54, 1.807) is 0 Å². The first kappa shape index (κ1) is 15.3. The fourth-order valence-corrected chi connectivity index (χ4v) is 3.37. The minimum Gasteiger partial charge on any atom is -0.351 e. The topological polar surface area (TPSA) is 91.9 Å².